The standard InChI is InChI=1S/C13H16N6OS/c1-9(19-8-10(14-17-19)7-18(2)3)12-15-16-13(20-12)11-5-4-6-21-11/h4-6,8-9H,7H2,1-3H3. The summed E-state index contributed by atoms with van der Waals surface area (Å²) in [6.07, 6.45) is 1.90. The maximum atomic E-state index is 5.72. The van der Waals surface area contributed by atoms with Gasteiger partial charge in [-0.3, -0.25) is 0 Å². The molecule has 110 valence electrons. The molecule has 0 aliphatic heterocycles. The van der Waals surface area contributed by atoms with Gasteiger partial charge >= 0.3 is 0 Å². The second kappa shape index (κ2) is 5.74. The van der Waals surface area contributed by atoms with Crippen LogP contribution in [0.4, 0.5) is 0 Å². The van der Waals surface area contributed by atoms with Crippen molar-refractivity contribution < 1.29 is 4.42 Å². The lowest BCUT2D eigenvalue weighted by atomic mass is 10.3. The molecule has 0 saturated heterocycles. The lowest BCUT2D eigenvalue weighted by molar-refractivity contribution is 0.396. The Labute approximate surface area is 126 Å². The van der Waals surface area contributed by atoms with E-state index in [9.17, 15) is 0 Å². The summed E-state index contributed by atoms with van der Waals surface area (Å²) >= 11 is 1.57. The Hall–Kier alpha value is -2.06. The molecule has 7 nitrogen and oxygen atoms in total. The molecule has 1 unspecified atom stereocenters. The van der Waals surface area contributed by atoms with Gasteiger partial charge in [-0.2, -0.15) is 0 Å². The van der Waals surface area contributed by atoms with Gasteiger partial charge in [0.1, 0.15) is 6.04 Å². The van der Waals surface area contributed by atoms with Gasteiger partial charge in [-0.15, -0.1) is 26.6 Å². The molecule has 0 aliphatic rings. The van der Waals surface area contributed by atoms with Crippen LogP contribution < -0.4 is 0 Å². The molecule has 21 heavy (non-hydrogen) atoms. The first kappa shape index (κ1) is 13.9. The normalized spacial score (nSPS) is 13.0. The number of nitrogens with zero attached hydrogens (tertiary/aromatic N) is 6. The Kier molecular flexibility index (Phi) is 3.80. The molecular formula is C13H16N6OS. The molecule has 0 amide bonds. The Morgan fingerprint density at radius 3 is 2.90 bits per heavy atom. The van der Waals surface area contributed by atoms with Gasteiger partial charge in [0.25, 0.3) is 5.89 Å². The predicted octanol–water partition coefficient (Wildman–Crippen LogP) is 2.06. The number of thiophene rings is 1. The summed E-state index contributed by atoms with van der Waals surface area (Å²) in [7, 11) is 3.99. The molecule has 0 aromatic carbocycles. The molecule has 3 rings (SSSR count). The molecule has 0 saturated carbocycles. The van der Waals surface area contributed by atoms with Gasteiger partial charge in [-0.1, -0.05) is 11.3 Å². The van der Waals surface area contributed by atoms with E-state index in [2.05, 4.69) is 20.5 Å². The molecule has 3 aromatic rings. The first-order valence-electron chi connectivity index (χ1n) is 6.56. The van der Waals surface area contributed by atoms with Crippen LogP contribution in [-0.2, 0) is 6.54 Å². The van der Waals surface area contributed by atoms with Gasteiger partial charge in [0.15, 0.2) is 0 Å². The van der Waals surface area contributed by atoms with Crippen molar-refractivity contribution in [3.05, 3.63) is 35.3 Å². The molecule has 0 spiro atoms. The van der Waals surface area contributed by atoms with Crippen molar-refractivity contribution in [2.45, 2.75) is 19.5 Å². The van der Waals surface area contributed by atoms with Crippen molar-refractivity contribution in [2.24, 2.45) is 0 Å². The van der Waals surface area contributed by atoms with E-state index in [0.29, 0.717) is 11.8 Å². The number of hydrogen-bond acceptors (Lipinski definition) is 7. The minimum Gasteiger partial charge on any atom is -0.418 e. The van der Waals surface area contributed by atoms with E-state index in [-0.39, 0.29) is 6.04 Å². The number of hydrogen-bond donors (Lipinski definition) is 0. The van der Waals surface area contributed by atoms with Gasteiger partial charge in [0, 0.05) is 6.54 Å². The molecule has 3 aromatic heterocycles. The summed E-state index contributed by atoms with van der Waals surface area (Å²) in [4.78, 5) is 3.01. The van der Waals surface area contributed by atoms with E-state index >= 15 is 0 Å². The predicted molar refractivity (Wildman–Crippen MR) is 78.8 cm³/mol. The SMILES string of the molecule is CC(c1nnc(-c2cccs2)o1)n1cc(CN(C)C)nn1. The Morgan fingerprint density at radius 1 is 1.33 bits per heavy atom. The first-order chi connectivity index (χ1) is 10.1. The van der Waals surface area contributed by atoms with Gasteiger partial charge < -0.3 is 9.32 Å². The van der Waals surface area contributed by atoms with Gasteiger partial charge in [0.05, 0.1) is 16.8 Å². The third-order valence-corrected chi connectivity index (χ3v) is 3.82. The maximum absolute atomic E-state index is 5.72. The molecule has 8 heteroatoms. The summed E-state index contributed by atoms with van der Waals surface area (Å²) in [5.74, 6) is 1.07. The van der Waals surface area contributed by atoms with E-state index < -0.39 is 0 Å². The van der Waals surface area contributed by atoms with Crippen LogP contribution in [0.3, 0.4) is 0 Å². The lowest BCUT2D eigenvalue weighted by Gasteiger charge is -2.06. The van der Waals surface area contributed by atoms with Crippen molar-refractivity contribution in [2.75, 3.05) is 14.1 Å². The largest absolute Gasteiger partial charge is 0.418 e. The van der Waals surface area contributed by atoms with Crippen molar-refractivity contribution in [1.82, 2.24) is 30.1 Å². The van der Waals surface area contributed by atoms with Crippen molar-refractivity contribution in [3.63, 3.8) is 0 Å². The van der Waals surface area contributed by atoms with Crippen molar-refractivity contribution in [3.8, 4) is 10.8 Å². The zero-order valence-corrected chi connectivity index (χ0v) is 12.9. The van der Waals surface area contributed by atoms with E-state index in [1.807, 2.05) is 49.6 Å². The van der Waals surface area contributed by atoms with Crippen molar-refractivity contribution >= 4 is 11.3 Å². The highest BCUT2D eigenvalue weighted by Gasteiger charge is 2.18. The average molecular weight is 304 g/mol. The highest BCUT2D eigenvalue weighted by Crippen LogP contribution is 2.25. The fourth-order valence-corrected chi connectivity index (χ4v) is 2.56. The second-order valence-electron chi connectivity index (χ2n) is 5.03. The van der Waals surface area contributed by atoms with E-state index in [1.165, 1.54) is 0 Å². The molecular weight excluding hydrogens is 288 g/mol. The molecule has 0 bridgehead atoms. The molecule has 3 heterocycles. The van der Waals surface area contributed by atoms with Gasteiger partial charge in [-0.25, -0.2) is 4.68 Å². The minimum atomic E-state index is -0.144. The van der Waals surface area contributed by atoms with Crippen molar-refractivity contribution in [1.29, 1.82) is 0 Å². The monoisotopic (exact) mass is 304 g/mol. The quantitative estimate of drug-likeness (QED) is 0.718. The number of aromatic nitrogens is 5. The zero-order chi connectivity index (χ0) is 14.8. The summed E-state index contributed by atoms with van der Waals surface area (Å²) in [5, 5.41) is 18.4. The van der Waals surface area contributed by atoms with Crippen LogP contribution in [0.5, 0.6) is 0 Å². The fraction of sp³-hybridized carbons (Fsp3) is 0.385. The summed E-state index contributed by atoms with van der Waals surface area (Å²) in [6, 6.07) is 3.77. The van der Waals surface area contributed by atoms with E-state index in [0.717, 1.165) is 17.1 Å². The minimum absolute atomic E-state index is 0.144. The smallest absolute Gasteiger partial charge is 0.257 e. The van der Waals surface area contributed by atoms with Crippen LogP contribution in [-0.4, -0.2) is 44.2 Å². The lowest BCUT2D eigenvalue weighted by Crippen LogP contribution is -2.11. The third kappa shape index (κ3) is 3.01. The molecule has 0 radical (unpaired) electrons. The van der Waals surface area contributed by atoms with Crippen LogP contribution >= 0.6 is 11.3 Å². The van der Waals surface area contributed by atoms with E-state index in [1.54, 1.807) is 16.0 Å². The molecule has 0 aliphatic carbocycles. The summed E-state index contributed by atoms with van der Waals surface area (Å²) in [6.45, 7) is 2.71. The third-order valence-electron chi connectivity index (χ3n) is 2.96. The molecule has 0 N–H and O–H groups in total. The fourth-order valence-electron chi connectivity index (χ4n) is 1.92. The Morgan fingerprint density at radius 2 is 2.19 bits per heavy atom. The van der Waals surface area contributed by atoms with Crippen LogP contribution in [0, 0.1) is 0 Å². The van der Waals surface area contributed by atoms with Crippen LogP contribution in [0.15, 0.2) is 28.1 Å². The summed E-state index contributed by atoms with van der Waals surface area (Å²) in [5.41, 5.74) is 0.907. The Balaban J connectivity index is 1.79. The number of rotatable bonds is 5. The summed E-state index contributed by atoms with van der Waals surface area (Å²) < 4.78 is 7.46. The maximum Gasteiger partial charge on any atom is 0.257 e. The topological polar surface area (TPSA) is 72.9 Å². The second-order valence-corrected chi connectivity index (χ2v) is 5.97. The van der Waals surface area contributed by atoms with Gasteiger partial charge in [-0.05, 0) is 32.5 Å². The van der Waals surface area contributed by atoms with Crippen LogP contribution in [0.25, 0.3) is 10.8 Å². The average Bonchev–Trinajstić information content (AvgIpc) is 3.18. The first-order valence-corrected chi connectivity index (χ1v) is 7.44. The molecule has 0 fully saturated rings. The van der Waals surface area contributed by atoms with Crippen LogP contribution in [0.2, 0.25) is 0 Å². The highest BCUT2D eigenvalue weighted by atomic mass is 32.1. The van der Waals surface area contributed by atoms with Gasteiger partial charge in [0.2, 0.25) is 5.89 Å². The highest BCUT2D eigenvalue weighted by molar-refractivity contribution is 7.13. The molecule has 1 atom stereocenters. The Bertz CT molecular complexity index is 702. The zero-order valence-electron chi connectivity index (χ0n) is 12.1. The van der Waals surface area contributed by atoms with E-state index in [4.69, 9.17) is 4.42 Å². The van der Waals surface area contributed by atoms with Crippen LogP contribution in [0.1, 0.15) is 24.6 Å².